The van der Waals surface area contributed by atoms with Gasteiger partial charge in [0.15, 0.2) is 0 Å². The van der Waals surface area contributed by atoms with Crippen LogP contribution in [0.25, 0.3) is 22.0 Å². The van der Waals surface area contributed by atoms with E-state index in [4.69, 9.17) is 32.7 Å². The van der Waals surface area contributed by atoms with Crippen LogP contribution in [-0.4, -0.2) is 45.3 Å². The highest BCUT2D eigenvalue weighted by Crippen LogP contribution is 2.35. The molecule has 0 aliphatic heterocycles. The Kier molecular flexibility index (Phi) is 9.51. The van der Waals surface area contributed by atoms with E-state index in [0.717, 1.165) is 60.9 Å². The Labute approximate surface area is 271 Å². The van der Waals surface area contributed by atoms with Gasteiger partial charge in [-0.1, -0.05) is 41.4 Å². The predicted molar refractivity (Wildman–Crippen MR) is 176 cm³/mol. The Balaban J connectivity index is 1.46. The number of nitrogens with zero attached hydrogens (tertiary/aromatic N) is 3. The van der Waals surface area contributed by atoms with Crippen LogP contribution in [0.1, 0.15) is 61.0 Å². The van der Waals surface area contributed by atoms with Crippen molar-refractivity contribution in [1.82, 2.24) is 25.1 Å². The molecule has 0 saturated carbocycles. The maximum Gasteiger partial charge on any atom is 0.338 e. The fourth-order valence-electron chi connectivity index (χ4n) is 5.66. The molecule has 9 nitrogen and oxygen atoms in total. The molecule has 3 aromatic heterocycles. The van der Waals surface area contributed by atoms with E-state index in [9.17, 15) is 9.59 Å². The Hall–Kier alpha value is -4.34. The Morgan fingerprint density at radius 1 is 1.04 bits per heavy atom. The molecular weight excluding hydrogens is 613 g/mol. The van der Waals surface area contributed by atoms with Gasteiger partial charge in [-0.3, -0.25) is 9.48 Å². The van der Waals surface area contributed by atoms with E-state index in [2.05, 4.69) is 20.4 Å². The Bertz CT molecular complexity index is 1900. The molecule has 0 aliphatic rings. The van der Waals surface area contributed by atoms with Crippen LogP contribution in [-0.2, 0) is 24.8 Å². The molecule has 0 bridgehead atoms. The van der Waals surface area contributed by atoms with E-state index in [0.29, 0.717) is 30.8 Å². The first-order valence-electron chi connectivity index (χ1n) is 14.5. The third-order valence-electron chi connectivity index (χ3n) is 7.89. The molecule has 1 amide bonds. The van der Waals surface area contributed by atoms with Gasteiger partial charge in [0.2, 0.25) is 0 Å². The van der Waals surface area contributed by atoms with Gasteiger partial charge in [-0.2, -0.15) is 5.10 Å². The standard InChI is InChI=1S/C34H35Cl2N5O4/c1-18-13-24(14-19(2)30(18)36)45-12-8-11-26-25-9-7-10-27(29-20(3)40-41(5)21(29)4)31(25)39-32(26)33(42)37-17-23-15-22(34(43)44-6)16-28(35)38-23/h7,9-10,13-16,39H,8,11-12,17H2,1-6H3,(H,37,42). The number of fused-ring (bicyclic) bond motifs is 1. The summed E-state index contributed by atoms with van der Waals surface area (Å²) in [5, 5.41) is 9.37. The molecule has 5 aromatic rings. The highest BCUT2D eigenvalue weighted by molar-refractivity contribution is 6.32. The number of hydrogen-bond acceptors (Lipinski definition) is 6. The number of rotatable bonds is 10. The number of aryl methyl sites for hydroxylation is 5. The van der Waals surface area contributed by atoms with Crippen molar-refractivity contribution >= 4 is 46.0 Å². The van der Waals surface area contributed by atoms with Crippen molar-refractivity contribution in [3.05, 3.63) is 97.7 Å². The number of ether oxygens (including phenoxy) is 2. The molecule has 3 heterocycles. The van der Waals surface area contributed by atoms with Gasteiger partial charge in [0, 0.05) is 34.3 Å². The second-order valence-corrected chi connectivity index (χ2v) is 11.8. The van der Waals surface area contributed by atoms with Crippen LogP contribution in [0, 0.1) is 27.7 Å². The summed E-state index contributed by atoms with van der Waals surface area (Å²) in [7, 11) is 3.21. The zero-order valence-corrected chi connectivity index (χ0v) is 27.6. The molecule has 11 heteroatoms. The van der Waals surface area contributed by atoms with E-state index >= 15 is 0 Å². The van der Waals surface area contributed by atoms with Crippen LogP contribution >= 0.6 is 23.2 Å². The van der Waals surface area contributed by atoms with Crippen LogP contribution in [0.5, 0.6) is 5.75 Å². The number of methoxy groups -OCH3 is 1. The van der Waals surface area contributed by atoms with Crippen molar-refractivity contribution in [3.8, 4) is 16.9 Å². The second-order valence-electron chi connectivity index (χ2n) is 11.0. The first-order chi connectivity index (χ1) is 21.5. The van der Waals surface area contributed by atoms with E-state index < -0.39 is 5.97 Å². The van der Waals surface area contributed by atoms with Crippen LogP contribution in [0.4, 0.5) is 0 Å². The largest absolute Gasteiger partial charge is 0.494 e. The molecule has 0 unspecified atom stereocenters. The minimum Gasteiger partial charge on any atom is -0.494 e. The highest BCUT2D eigenvalue weighted by Gasteiger charge is 2.22. The monoisotopic (exact) mass is 647 g/mol. The van der Waals surface area contributed by atoms with Gasteiger partial charge in [0.1, 0.15) is 16.6 Å². The number of esters is 1. The fraction of sp³-hybridized carbons (Fsp3) is 0.294. The minimum atomic E-state index is -0.538. The summed E-state index contributed by atoms with van der Waals surface area (Å²) >= 11 is 12.5. The van der Waals surface area contributed by atoms with Gasteiger partial charge in [-0.25, -0.2) is 9.78 Å². The number of benzene rings is 2. The number of amides is 1. The Morgan fingerprint density at radius 3 is 2.44 bits per heavy atom. The topological polar surface area (TPSA) is 111 Å². The number of carbonyl (C=O) groups is 2. The molecule has 2 N–H and O–H groups in total. The summed E-state index contributed by atoms with van der Waals surface area (Å²) in [6.45, 7) is 8.44. The summed E-state index contributed by atoms with van der Waals surface area (Å²) in [5.41, 5.74) is 8.72. The van der Waals surface area contributed by atoms with Crippen LogP contribution in [0.2, 0.25) is 10.2 Å². The third kappa shape index (κ3) is 6.70. The average molecular weight is 649 g/mol. The molecule has 2 aromatic carbocycles. The fourth-order valence-corrected chi connectivity index (χ4v) is 6.00. The molecule has 0 fully saturated rings. The summed E-state index contributed by atoms with van der Waals surface area (Å²) in [6, 6.07) is 12.9. The normalized spacial score (nSPS) is 11.2. The molecule has 0 saturated heterocycles. The zero-order chi connectivity index (χ0) is 32.4. The van der Waals surface area contributed by atoms with Crippen molar-refractivity contribution in [2.45, 2.75) is 47.1 Å². The quantitative estimate of drug-likeness (QED) is 0.0939. The minimum absolute atomic E-state index is 0.0598. The van der Waals surface area contributed by atoms with Gasteiger partial charge in [0.25, 0.3) is 5.91 Å². The van der Waals surface area contributed by atoms with Crippen LogP contribution in [0.15, 0.2) is 42.5 Å². The van der Waals surface area contributed by atoms with Crippen LogP contribution < -0.4 is 10.1 Å². The number of para-hydroxylation sites is 1. The molecule has 45 heavy (non-hydrogen) atoms. The number of aromatic nitrogens is 4. The van der Waals surface area contributed by atoms with Gasteiger partial charge in [0.05, 0.1) is 42.7 Å². The van der Waals surface area contributed by atoms with Crippen molar-refractivity contribution in [2.75, 3.05) is 13.7 Å². The molecule has 0 atom stereocenters. The first kappa shape index (κ1) is 32.1. The summed E-state index contributed by atoms with van der Waals surface area (Å²) < 4.78 is 12.7. The number of pyridine rings is 1. The number of halogens is 2. The smallest absolute Gasteiger partial charge is 0.338 e. The Morgan fingerprint density at radius 2 is 1.78 bits per heavy atom. The van der Waals surface area contributed by atoms with Crippen LogP contribution in [0.3, 0.4) is 0 Å². The lowest BCUT2D eigenvalue weighted by Gasteiger charge is -2.11. The third-order valence-corrected chi connectivity index (χ3v) is 8.68. The number of H-pyrrole nitrogens is 1. The molecule has 234 valence electrons. The van der Waals surface area contributed by atoms with Gasteiger partial charge >= 0.3 is 5.97 Å². The molecule has 0 radical (unpaired) electrons. The lowest BCUT2D eigenvalue weighted by Crippen LogP contribution is -2.25. The number of carbonyl (C=O) groups excluding carboxylic acids is 2. The van der Waals surface area contributed by atoms with Crippen molar-refractivity contribution in [3.63, 3.8) is 0 Å². The summed E-state index contributed by atoms with van der Waals surface area (Å²) in [6.07, 6.45) is 1.26. The van der Waals surface area contributed by atoms with Crippen molar-refractivity contribution in [1.29, 1.82) is 0 Å². The number of hydrogen-bond donors (Lipinski definition) is 2. The molecular formula is C34H35Cl2N5O4. The number of nitrogens with one attached hydrogen (secondary N) is 2. The van der Waals surface area contributed by atoms with E-state index in [1.807, 2.05) is 69.8 Å². The molecule has 0 spiro atoms. The lowest BCUT2D eigenvalue weighted by atomic mass is 9.98. The zero-order valence-electron chi connectivity index (χ0n) is 26.1. The number of aromatic amines is 1. The maximum atomic E-state index is 13.8. The van der Waals surface area contributed by atoms with Crippen molar-refractivity contribution < 1.29 is 19.1 Å². The second kappa shape index (κ2) is 13.3. The highest BCUT2D eigenvalue weighted by atomic mass is 35.5. The SMILES string of the molecule is COC(=O)c1cc(Cl)nc(CNC(=O)c2[nH]c3c(-c4c(C)nn(C)c4C)cccc3c2CCCOc2cc(C)c(Cl)c(C)c2)c1. The van der Waals surface area contributed by atoms with E-state index in [-0.39, 0.29) is 23.2 Å². The van der Waals surface area contributed by atoms with E-state index in [1.165, 1.54) is 13.2 Å². The van der Waals surface area contributed by atoms with E-state index in [1.54, 1.807) is 6.07 Å². The van der Waals surface area contributed by atoms with Gasteiger partial charge < -0.3 is 19.8 Å². The van der Waals surface area contributed by atoms with Gasteiger partial charge in [-0.15, -0.1) is 0 Å². The summed E-state index contributed by atoms with van der Waals surface area (Å²) in [4.78, 5) is 33.5. The first-order valence-corrected chi connectivity index (χ1v) is 15.3. The summed E-state index contributed by atoms with van der Waals surface area (Å²) in [5.74, 6) is -0.0843. The maximum absolute atomic E-state index is 13.8. The predicted octanol–water partition coefficient (Wildman–Crippen LogP) is 7.23. The van der Waals surface area contributed by atoms with Gasteiger partial charge in [-0.05, 0) is 81.5 Å². The molecule has 5 rings (SSSR count). The average Bonchev–Trinajstić information content (AvgIpc) is 3.51. The lowest BCUT2D eigenvalue weighted by molar-refractivity contribution is 0.0600. The molecule has 0 aliphatic carbocycles. The van der Waals surface area contributed by atoms with Crippen molar-refractivity contribution in [2.24, 2.45) is 7.05 Å².